The Balaban J connectivity index is 2.15. The second-order valence-electron chi connectivity index (χ2n) is 6.46. The molecule has 0 aromatic heterocycles. The van der Waals surface area contributed by atoms with Crippen LogP contribution in [0.25, 0.3) is 0 Å². The summed E-state index contributed by atoms with van der Waals surface area (Å²) in [6.07, 6.45) is 6.38. The molecule has 20 heavy (non-hydrogen) atoms. The number of benzene rings is 1. The van der Waals surface area contributed by atoms with Crippen LogP contribution in [0.15, 0.2) is 18.2 Å². The van der Waals surface area contributed by atoms with Gasteiger partial charge in [-0.15, -0.1) is 0 Å². The highest BCUT2D eigenvalue weighted by molar-refractivity contribution is 5.27. The van der Waals surface area contributed by atoms with Crippen LogP contribution in [0, 0.1) is 24.6 Å². The molecule has 1 aliphatic rings. The minimum Gasteiger partial charge on any atom is -0.310 e. The van der Waals surface area contributed by atoms with Crippen molar-refractivity contribution in [3.63, 3.8) is 0 Å². The molecule has 1 aliphatic carbocycles. The minimum absolute atomic E-state index is 0.0970. The molecule has 0 radical (unpaired) electrons. The van der Waals surface area contributed by atoms with E-state index in [1.165, 1.54) is 31.2 Å². The van der Waals surface area contributed by atoms with E-state index in [4.69, 9.17) is 0 Å². The Labute approximate surface area is 123 Å². The molecule has 0 bridgehead atoms. The minimum atomic E-state index is -0.0970. The first-order valence-corrected chi connectivity index (χ1v) is 8.11. The van der Waals surface area contributed by atoms with Gasteiger partial charge in [0.1, 0.15) is 5.82 Å². The Hall–Kier alpha value is -0.890. The third kappa shape index (κ3) is 3.82. The van der Waals surface area contributed by atoms with Gasteiger partial charge in [-0.1, -0.05) is 38.8 Å². The molecule has 1 unspecified atom stereocenters. The molecule has 1 N–H and O–H groups in total. The van der Waals surface area contributed by atoms with Crippen LogP contribution in [0.4, 0.5) is 4.39 Å². The van der Waals surface area contributed by atoms with E-state index in [0.29, 0.717) is 12.0 Å². The molecule has 1 nitrogen and oxygen atoms in total. The molecule has 1 atom stereocenters. The average molecular weight is 277 g/mol. The summed E-state index contributed by atoms with van der Waals surface area (Å²) >= 11 is 0. The van der Waals surface area contributed by atoms with Crippen molar-refractivity contribution in [3.8, 4) is 0 Å². The first-order valence-electron chi connectivity index (χ1n) is 8.11. The Morgan fingerprint density at radius 2 is 1.95 bits per heavy atom. The van der Waals surface area contributed by atoms with Crippen LogP contribution in [0.3, 0.4) is 0 Å². The number of aryl methyl sites for hydroxylation is 1. The largest absolute Gasteiger partial charge is 0.310 e. The van der Waals surface area contributed by atoms with Crippen molar-refractivity contribution in [1.82, 2.24) is 5.32 Å². The summed E-state index contributed by atoms with van der Waals surface area (Å²) in [5, 5.41) is 3.69. The molecule has 112 valence electrons. The molecule has 0 heterocycles. The van der Waals surface area contributed by atoms with Gasteiger partial charge in [0, 0.05) is 6.04 Å². The maximum atomic E-state index is 13.5. The highest BCUT2D eigenvalue weighted by Crippen LogP contribution is 2.37. The van der Waals surface area contributed by atoms with Crippen molar-refractivity contribution in [2.24, 2.45) is 11.8 Å². The Kier molecular flexibility index (Phi) is 5.59. The summed E-state index contributed by atoms with van der Waals surface area (Å²) < 4.78 is 13.5. The lowest BCUT2D eigenvalue weighted by Gasteiger charge is -2.34. The first-order chi connectivity index (χ1) is 9.61. The van der Waals surface area contributed by atoms with Crippen LogP contribution in [0.2, 0.25) is 0 Å². The van der Waals surface area contributed by atoms with Crippen molar-refractivity contribution >= 4 is 0 Å². The van der Waals surface area contributed by atoms with Crippen LogP contribution in [0.1, 0.15) is 63.1 Å². The van der Waals surface area contributed by atoms with Gasteiger partial charge in [-0.25, -0.2) is 4.39 Å². The zero-order valence-corrected chi connectivity index (χ0v) is 13.1. The number of rotatable bonds is 5. The second kappa shape index (κ2) is 7.21. The van der Waals surface area contributed by atoms with E-state index in [-0.39, 0.29) is 5.82 Å². The molecule has 1 saturated carbocycles. The molecule has 0 spiro atoms. The number of nitrogens with one attached hydrogen (secondary N) is 1. The molecule has 2 heteroatoms. The standard InChI is InChI=1S/C18H28FN/c1-4-11-20-18(15-7-5-13(2)6-8-15)16-9-10-17(19)14(3)12-16/h9-10,12-13,15,18,20H,4-8,11H2,1-3H3. The maximum Gasteiger partial charge on any atom is 0.126 e. The quantitative estimate of drug-likeness (QED) is 0.798. The van der Waals surface area contributed by atoms with E-state index in [9.17, 15) is 4.39 Å². The number of hydrogen-bond donors (Lipinski definition) is 1. The summed E-state index contributed by atoms with van der Waals surface area (Å²) in [7, 11) is 0. The molecule has 2 rings (SSSR count). The van der Waals surface area contributed by atoms with Crippen molar-refractivity contribution in [2.75, 3.05) is 6.54 Å². The predicted molar refractivity (Wildman–Crippen MR) is 83.3 cm³/mol. The van der Waals surface area contributed by atoms with E-state index in [0.717, 1.165) is 24.4 Å². The van der Waals surface area contributed by atoms with Gasteiger partial charge >= 0.3 is 0 Å². The summed E-state index contributed by atoms with van der Waals surface area (Å²) in [6, 6.07) is 6.01. The van der Waals surface area contributed by atoms with Crippen LogP contribution < -0.4 is 5.32 Å². The third-order valence-corrected chi connectivity index (χ3v) is 4.69. The predicted octanol–water partition coefficient (Wildman–Crippen LogP) is 5.00. The van der Waals surface area contributed by atoms with E-state index < -0.39 is 0 Å². The average Bonchev–Trinajstić information content (AvgIpc) is 2.45. The normalized spacial score (nSPS) is 24.6. The fourth-order valence-corrected chi connectivity index (χ4v) is 3.34. The van der Waals surface area contributed by atoms with Crippen molar-refractivity contribution < 1.29 is 4.39 Å². The summed E-state index contributed by atoms with van der Waals surface area (Å²) in [5.41, 5.74) is 2.02. The molecule has 1 aromatic rings. The Morgan fingerprint density at radius 1 is 1.25 bits per heavy atom. The highest BCUT2D eigenvalue weighted by atomic mass is 19.1. The molecule has 1 aromatic carbocycles. The van der Waals surface area contributed by atoms with Gasteiger partial charge in [0.25, 0.3) is 0 Å². The molecule has 1 fully saturated rings. The fraction of sp³-hybridized carbons (Fsp3) is 0.667. The van der Waals surface area contributed by atoms with Crippen LogP contribution in [0.5, 0.6) is 0 Å². The van der Waals surface area contributed by atoms with Gasteiger partial charge in [-0.2, -0.15) is 0 Å². The van der Waals surface area contributed by atoms with E-state index >= 15 is 0 Å². The van der Waals surface area contributed by atoms with E-state index in [1.807, 2.05) is 19.1 Å². The lowest BCUT2D eigenvalue weighted by molar-refractivity contribution is 0.231. The zero-order valence-electron chi connectivity index (χ0n) is 13.1. The number of hydrogen-bond acceptors (Lipinski definition) is 1. The van der Waals surface area contributed by atoms with Crippen molar-refractivity contribution in [1.29, 1.82) is 0 Å². The van der Waals surface area contributed by atoms with Gasteiger partial charge in [0.15, 0.2) is 0 Å². The number of halogens is 1. The molecular weight excluding hydrogens is 249 g/mol. The maximum absolute atomic E-state index is 13.5. The van der Waals surface area contributed by atoms with Crippen molar-refractivity contribution in [3.05, 3.63) is 35.1 Å². The van der Waals surface area contributed by atoms with E-state index in [2.05, 4.69) is 19.2 Å². The molecule has 0 saturated heterocycles. The zero-order chi connectivity index (χ0) is 14.5. The van der Waals surface area contributed by atoms with Gasteiger partial charge < -0.3 is 5.32 Å². The smallest absolute Gasteiger partial charge is 0.126 e. The lowest BCUT2D eigenvalue weighted by atomic mass is 9.77. The second-order valence-corrected chi connectivity index (χ2v) is 6.46. The fourth-order valence-electron chi connectivity index (χ4n) is 3.34. The first kappa shape index (κ1) is 15.5. The Bertz CT molecular complexity index is 421. The summed E-state index contributed by atoms with van der Waals surface area (Å²) in [4.78, 5) is 0. The molecule has 0 amide bonds. The van der Waals surface area contributed by atoms with Crippen molar-refractivity contribution in [2.45, 2.75) is 58.9 Å². The van der Waals surface area contributed by atoms with Gasteiger partial charge in [0.2, 0.25) is 0 Å². The Morgan fingerprint density at radius 3 is 2.55 bits per heavy atom. The van der Waals surface area contributed by atoms with Gasteiger partial charge in [-0.05, 0) is 61.8 Å². The van der Waals surface area contributed by atoms with Gasteiger partial charge in [0.05, 0.1) is 0 Å². The summed E-state index contributed by atoms with van der Waals surface area (Å²) in [6.45, 7) is 7.45. The third-order valence-electron chi connectivity index (χ3n) is 4.69. The van der Waals surface area contributed by atoms with Crippen LogP contribution >= 0.6 is 0 Å². The molecule has 0 aliphatic heterocycles. The topological polar surface area (TPSA) is 12.0 Å². The van der Waals surface area contributed by atoms with Crippen LogP contribution in [-0.2, 0) is 0 Å². The van der Waals surface area contributed by atoms with Crippen LogP contribution in [-0.4, -0.2) is 6.54 Å². The molecular formula is C18H28FN. The summed E-state index contributed by atoms with van der Waals surface area (Å²) in [5.74, 6) is 1.47. The monoisotopic (exact) mass is 277 g/mol. The highest BCUT2D eigenvalue weighted by Gasteiger charge is 2.27. The lowest BCUT2D eigenvalue weighted by Crippen LogP contribution is -2.31. The van der Waals surface area contributed by atoms with Gasteiger partial charge in [-0.3, -0.25) is 0 Å². The SMILES string of the molecule is CCCNC(c1ccc(F)c(C)c1)C1CCC(C)CC1. The van der Waals surface area contributed by atoms with E-state index in [1.54, 1.807) is 6.07 Å².